The van der Waals surface area contributed by atoms with Crippen molar-refractivity contribution in [1.82, 2.24) is 9.72 Å². The van der Waals surface area contributed by atoms with Crippen LogP contribution in [0, 0.1) is 5.82 Å². The first-order chi connectivity index (χ1) is 14.1. The summed E-state index contributed by atoms with van der Waals surface area (Å²) >= 11 is 0. The van der Waals surface area contributed by atoms with Gasteiger partial charge in [0.2, 0.25) is 0 Å². The fraction of sp³-hybridized carbons (Fsp3) is 0.0909. The second kappa shape index (κ2) is 8.02. The van der Waals surface area contributed by atoms with Gasteiger partial charge in [-0.3, -0.25) is 0 Å². The minimum Gasteiger partial charge on any atom is -0.489 e. The highest BCUT2D eigenvalue weighted by molar-refractivity contribution is 5.64. The molecule has 146 valence electrons. The zero-order valence-corrected chi connectivity index (χ0v) is 15.3. The van der Waals surface area contributed by atoms with Gasteiger partial charge >= 0.3 is 11.4 Å². The van der Waals surface area contributed by atoms with Gasteiger partial charge in [-0.1, -0.05) is 48.5 Å². The number of hydrogen-bond acceptors (Lipinski definition) is 4. The molecule has 0 saturated carbocycles. The third kappa shape index (κ3) is 4.35. The summed E-state index contributed by atoms with van der Waals surface area (Å²) in [6.45, 7) is 0.469. The molecule has 0 fully saturated rings. The molecule has 1 heterocycles. The number of nitrogens with one attached hydrogen (secondary N) is 1. The topological polar surface area (TPSA) is 77.2 Å². The quantitative estimate of drug-likeness (QED) is 0.544. The smallest absolute Gasteiger partial charge is 0.440 e. The van der Waals surface area contributed by atoms with Crippen molar-refractivity contribution in [2.45, 2.75) is 13.2 Å². The van der Waals surface area contributed by atoms with Crippen molar-refractivity contribution in [1.29, 1.82) is 0 Å². The molecule has 1 aromatic heterocycles. The molecule has 0 amide bonds. The zero-order valence-electron chi connectivity index (χ0n) is 15.3. The molecule has 0 aliphatic heterocycles. The van der Waals surface area contributed by atoms with Gasteiger partial charge in [0.05, 0.1) is 6.54 Å². The van der Waals surface area contributed by atoms with E-state index in [-0.39, 0.29) is 12.4 Å². The lowest BCUT2D eigenvalue weighted by Crippen LogP contribution is -2.17. The van der Waals surface area contributed by atoms with E-state index in [4.69, 9.17) is 9.26 Å². The van der Waals surface area contributed by atoms with Crippen LogP contribution in [0.5, 0.6) is 5.75 Å². The van der Waals surface area contributed by atoms with Crippen LogP contribution >= 0.6 is 0 Å². The molecular formula is C22H17FN2O4. The van der Waals surface area contributed by atoms with Crippen molar-refractivity contribution in [3.8, 4) is 16.9 Å². The van der Waals surface area contributed by atoms with E-state index in [9.17, 15) is 14.0 Å². The highest BCUT2D eigenvalue weighted by Gasteiger charge is 2.06. The van der Waals surface area contributed by atoms with Crippen LogP contribution in [0.3, 0.4) is 0 Å². The molecule has 0 radical (unpaired) electrons. The average molecular weight is 392 g/mol. The van der Waals surface area contributed by atoms with Crippen molar-refractivity contribution in [2.75, 3.05) is 0 Å². The SMILES string of the molecule is O=c1[nH]c(=O)n(Cc2ccc(OCc3cccc(-c4ccccc4F)c3)cc2)o1. The number of ether oxygens (including phenoxy) is 1. The highest BCUT2D eigenvalue weighted by Crippen LogP contribution is 2.24. The average Bonchev–Trinajstić information content (AvgIpc) is 3.05. The molecule has 0 atom stereocenters. The maximum Gasteiger partial charge on any atom is 0.440 e. The monoisotopic (exact) mass is 392 g/mol. The highest BCUT2D eigenvalue weighted by atomic mass is 19.1. The van der Waals surface area contributed by atoms with E-state index in [0.717, 1.165) is 21.4 Å². The van der Waals surface area contributed by atoms with Crippen LogP contribution in [0.1, 0.15) is 11.1 Å². The molecular weight excluding hydrogens is 375 g/mol. The Balaban J connectivity index is 1.42. The van der Waals surface area contributed by atoms with Crippen molar-refractivity contribution in [3.63, 3.8) is 0 Å². The van der Waals surface area contributed by atoms with Crippen LogP contribution in [0.2, 0.25) is 0 Å². The Labute approximate surface area is 164 Å². The predicted molar refractivity (Wildman–Crippen MR) is 105 cm³/mol. The van der Waals surface area contributed by atoms with E-state index >= 15 is 0 Å². The summed E-state index contributed by atoms with van der Waals surface area (Å²) in [4.78, 5) is 24.5. The number of H-pyrrole nitrogens is 1. The maximum absolute atomic E-state index is 14.0. The molecule has 0 aliphatic rings. The largest absolute Gasteiger partial charge is 0.489 e. The third-order valence-corrected chi connectivity index (χ3v) is 4.40. The number of benzene rings is 3. The van der Waals surface area contributed by atoms with E-state index in [2.05, 4.69) is 0 Å². The van der Waals surface area contributed by atoms with Crippen LogP contribution in [-0.2, 0) is 13.2 Å². The molecule has 4 aromatic rings. The van der Waals surface area contributed by atoms with Crippen LogP contribution in [0.25, 0.3) is 11.1 Å². The maximum atomic E-state index is 14.0. The molecule has 0 saturated heterocycles. The van der Waals surface area contributed by atoms with Gasteiger partial charge in [-0.05, 0) is 41.0 Å². The van der Waals surface area contributed by atoms with Crippen molar-refractivity contribution >= 4 is 0 Å². The van der Waals surface area contributed by atoms with Crippen molar-refractivity contribution in [3.05, 3.63) is 111 Å². The molecule has 0 bridgehead atoms. The van der Waals surface area contributed by atoms with Gasteiger partial charge in [-0.25, -0.2) is 19.0 Å². The minimum absolute atomic E-state index is 0.141. The Morgan fingerprint density at radius 3 is 2.45 bits per heavy atom. The van der Waals surface area contributed by atoms with E-state index in [0.29, 0.717) is 17.9 Å². The Morgan fingerprint density at radius 2 is 1.72 bits per heavy atom. The first-order valence-electron chi connectivity index (χ1n) is 8.94. The van der Waals surface area contributed by atoms with Gasteiger partial charge in [-0.2, -0.15) is 0 Å². The second-order valence-electron chi connectivity index (χ2n) is 6.46. The fourth-order valence-electron chi connectivity index (χ4n) is 2.97. The Bertz CT molecular complexity index is 1240. The molecule has 0 unspecified atom stereocenters. The first-order valence-corrected chi connectivity index (χ1v) is 8.94. The number of nitrogens with zero attached hydrogens (tertiary/aromatic N) is 1. The molecule has 0 spiro atoms. The van der Waals surface area contributed by atoms with Gasteiger partial charge in [0.1, 0.15) is 18.2 Å². The van der Waals surface area contributed by atoms with E-state index in [1.807, 2.05) is 29.2 Å². The molecule has 29 heavy (non-hydrogen) atoms. The number of aromatic amines is 1. The second-order valence-corrected chi connectivity index (χ2v) is 6.46. The lowest BCUT2D eigenvalue weighted by Gasteiger charge is -2.09. The lowest BCUT2D eigenvalue weighted by molar-refractivity contribution is 0.258. The van der Waals surface area contributed by atoms with Gasteiger partial charge in [0, 0.05) is 5.56 Å². The lowest BCUT2D eigenvalue weighted by atomic mass is 10.0. The predicted octanol–water partition coefficient (Wildman–Crippen LogP) is 3.56. The van der Waals surface area contributed by atoms with Gasteiger partial charge in [-0.15, -0.1) is 4.74 Å². The molecule has 3 aromatic carbocycles. The molecule has 0 aliphatic carbocycles. The third-order valence-electron chi connectivity index (χ3n) is 4.40. The molecule has 1 N–H and O–H groups in total. The summed E-state index contributed by atoms with van der Waals surface area (Å²) in [5.74, 6) is -0.404. The van der Waals surface area contributed by atoms with E-state index in [1.54, 1.807) is 42.5 Å². The molecule has 4 rings (SSSR count). The van der Waals surface area contributed by atoms with E-state index in [1.165, 1.54) is 6.07 Å². The first kappa shape index (κ1) is 18.5. The zero-order chi connectivity index (χ0) is 20.2. The van der Waals surface area contributed by atoms with E-state index < -0.39 is 11.4 Å². The Hall–Kier alpha value is -3.87. The summed E-state index contributed by atoms with van der Waals surface area (Å²) in [5, 5.41) is 0. The molecule has 7 heteroatoms. The van der Waals surface area contributed by atoms with Crippen LogP contribution in [-0.4, -0.2) is 9.72 Å². The summed E-state index contributed by atoms with van der Waals surface area (Å²) in [7, 11) is 0. The number of hydrogen-bond donors (Lipinski definition) is 1. The standard InChI is InChI=1S/C22H17FN2O4/c23-20-7-2-1-6-19(20)17-5-3-4-16(12-17)14-28-18-10-8-15(9-11-18)13-25-21(26)24-22(27)29-25/h1-12H,13-14H2,(H,24,26,27). The Kier molecular flexibility index (Phi) is 5.11. The summed E-state index contributed by atoms with van der Waals surface area (Å²) in [5.41, 5.74) is 2.44. The number of aromatic nitrogens is 2. The summed E-state index contributed by atoms with van der Waals surface area (Å²) < 4.78 is 25.5. The fourth-order valence-corrected chi connectivity index (χ4v) is 2.97. The summed E-state index contributed by atoms with van der Waals surface area (Å²) in [6.07, 6.45) is 0. The Morgan fingerprint density at radius 1 is 0.931 bits per heavy atom. The minimum atomic E-state index is -0.785. The van der Waals surface area contributed by atoms with Crippen molar-refractivity contribution in [2.24, 2.45) is 0 Å². The van der Waals surface area contributed by atoms with Gasteiger partial charge in [0.25, 0.3) is 0 Å². The molecule has 6 nitrogen and oxygen atoms in total. The summed E-state index contributed by atoms with van der Waals surface area (Å²) in [6, 6.07) is 21.3. The van der Waals surface area contributed by atoms with Gasteiger partial charge < -0.3 is 9.26 Å². The van der Waals surface area contributed by atoms with Crippen LogP contribution < -0.4 is 16.2 Å². The van der Waals surface area contributed by atoms with Gasteiger partial charge in [0.15, 0.2) is 0 Å². The number of halogens is 1. The normalized spacial score (nSPS) is 10.8. The van der Waals surface area contributed by atoms with Crippen molar-refractivity contribution < 1.29 is 13.7 Å². The number of rotatable bonds is 6. The van der Waals surface area contributed by atoms with Crippen LogP contribution in [0.15, 0.2) is 86.9 Å². The van der Waals surface area contributed by atoms with Crippen LogP contribution in [0.4, 0.5) is 4.39 Å².